The minimum Gasteiger partial charge on any atom is -0.353 e. The third-order valence-corrected chi connectivity index (χ3v) is 0.551. The number of hydrogen-bond acceptors (Lipinski definition) is 2. The second-order valence-corrected chi connectivity index (χ2v) is 1.15. The summed E-state index contributed by atoms with van der Waals surface area (Å²) in [6, 6.07) is 0. The van der Waals surface area contributed by atoms with Crippen molar-refractivity contribution in [3.8, 4) is 0 Å². The SMILES string of the molecule is [2H]C([2H])([2H])C([2H])(OCC)OCC. The van der Waals surface area contributed by atoms with Gasteiger partial charge in [0.15, 0.2) is 6.27 Å². The van der Waals surface area contributed by atoms with Crippen molar-refractivity contribution in [3.63, 3.8) is 0 Å². The van der Waals surface area contributed by atoms with Gasteiger partial charge in [0.2, 0.25) is 0 Å². The summed E-state index contributed by atoms with van der Waals surface area (Å²) >= 11 is 0. The van der Waals surface area contributed by atoms with Crippen LogP contribution in [0.2, 0.25) is 0 Å². The van der Waals surface area contributed by atoms with E-state index in [1.165, 1.54) is 0 Å². The number of ether oxygens (including phenoxy) is 2. The molecule has 0 saturated heterocycles. The molecule has 0 N–H and O–H groups in total. The molecule has 0 heterocycles. The Bertz CT molecular complexity index is 128. The molecule has 0 aromatic carbocycles. The predicted octanol–water partition coefficient (Wildman–Crippen LogP) is 1.41. The monoisotopic (exact) mass is 122 g/mol. The van der Waals surface area contributed by atoms with Gasteiger partial charge in [0, 0.05) is 17.3 Å². The molecule has 0 aromatic rings. The molecule has 0 rings (SSSR count). The minimum absolute atomic E-state index is 0.141. The summed E-state index contributed by atoms with van der Waals surface area (Å²) in [5, 5.41) is 0. The van der Waals surface area contributed by atoms with E-state index in [4.69, 9.17) is 15.0 Å². The Balaban J connectivity index is 4.38. The summed E-state index contributed by atoms with van der Waals surface area (Å²) < 4.78 is 37.8. The van der Waals surface area contributed by atoms with Crippen molar-refractivity contribution < 1.29 is 15.0 Å². The van der Waals surface area contributed by atoms with Crippen LogP contribution in [0.1, 0.15) is 26.2 Å². The molecule has 0 aliphatic carbocycles. The van der Waals surface area contributed by atoms with Gasteiger partial charge in [-0.15, -0.1) is 0 Å². The van der Waals surface area contributed by atoms with Crippen LogP contribution < -0.4 is 0 Å². The second-order valence-electron chi connectivity index (χ2n) is 1.15. The second kappa shape index (κ2) is 5.06. The van der Waals surface area contributed by atoms with Gasteiger partial charge in [-0.3, -0.25) is 0 Å². The first-order valence-electron chi connectivity index (χ1n) is 4.65. The van der Waals surface area contributed by atoms with Crippen LogP contribution in [0.15, 0.2) is 0 Å². The van der Waals surface area contributed by atoms with E-state index in [1.807, 2.05) is 0 Å². The highest BCUT2D eigenvalue weighted by atomic mass is 16.7. The smallest absolute Gasteiger partial charge is 0.154 e. The first kappa shape index (κ1) is 3.18. The topological polar surface area (TPSA) is 18.5 Å². The van der Waals surface area contributed by atoms with Crippen molar-refractivity contribution in [1.82, 2.24) is 0 Å². The quantitative estimate of drug-likeness (QED) is 0.525. The zero-order valence-corrected chi connectivity index (χ0v) is 5.23. The molecule has 8 heavy (non-hydrogen) atoms. The Morgan fingerprint density at radius 3 is 2.25 bits per heavy atom. The van der Waals surface area contributed by atoms with Crippen molar-refractivity contribution in [2.45, 2.75) is 27.0 Å². The van der Waals surface area contributed by atoms with E-state index in [0.717, 1.165) is 0 Å². The van der Waals surface area contributed by atoms with Crippen LogP contribution >= 0.6 is 0 Å². The lowest BCUT2D eigenvalue weighted by atomic mass is 10.7. The first-order valence-corrected chi connectivity index (χ1v) is 2.65. The summed E-state index contributed by atoms with van der Waals surface area (Å²) in [7, 11) is 0. The van der Waals surface area contributed by atoms with Gasteiger partial charge in [0.25, 0.3) is 0 Å². The van der Waals surface area contributed by atoms with E-state index in [0.29, 0.717) is 0 Å². The molecule has 0 radical (unpaired) electrons. The Kier molecular flexibility index (Phi) is 2.01. The number of rotatable bonds is 4. The molecular weight excluding hydrogens is 104 g/mol. The van der Waals surface area contributed by atoms with Gasteiger partial charge in [-0.25, -0.2) is 0 Å². The lowest BCUT2D eigenvalue weighted by Gasteiger charge is -2.09. The Labute approximate surface area is 56.4 Å². The van der Waals surface area contributed by atoms with Crippen molar-refractivity contribution in [1.29, 1.82) is 0 Å². The largest absolute Gasteiger partial charge is 0.353 e. The number of hydrogen-bond donors (Lipinski definition) is 0. The molecular formula is C6H14O2. The average Bonchev–Trinajstić information content (AvgIpc) is 1.86. The summed E-state index contributed by atoms with van der Waals surface area (Å²) in [6.07, 6.45) is -2.21. The Morgan fingerprint density at radius 2 is 2.00 bits per heavy atom. The lowest BCUT2D eigenvalue weighted by molar-refractivity contribution is -0.123. The van der Waals surface area contributed by atoms with Crippen LogP contribution in [0.25, 0.3) is 0 Å². The maximum atomic E-state index is 7.36. The van der Waals surface area contributed by atoms with Gasteiger partial charge < -0.3 is 9.47 Å². The highest BCUT2D eigenvalue weighted by Gasteiger charge is 1.94. The molecule has 0 aliphatic heterocycles. The first-order chi connectivity index (χ1) is 5.37. The summed E-state index contributed by atoms with van der Waals surface area (Å²) in [6.45, 7) is 0.949. The molecule has 0 aromatic heterocycles. The van der Waals surface area contributed by atoms with Crippen LogP contribution in [0.5, 0.6) is 0 Å². The Morgan fingerprint density at radius 1 is 1.50 bits per heavy atom. The fourth-order valence-corrected chi connectivity index (χ4v) is 0.304. The Hall–Kier alpha value is -0.0800. The molecule has 0 unspecified atom stereocenters. The van der Waals surface area contributed by atoms with E-state index in [1.54, 1.807) is 13.8 Å². The average molecular weight is 122 g/mol. The molecule has 0 spiro atoms. The van der Waals surface area contributed by atoms with Crippen LogP contribution in [-0.2, 0) is 9.47 Å². The van der Waals surface area contributed by atoms with Crippen molar-refractivity contribution in [2.24, 2.45) is 0 Å². The summed E-state index contributed by atoms with van der Waals surface area (Å²) in [4.78, 5) is 0. The predicted molar refractivity (Wildman–Crippen MR) is 32.7 cm³/mol. The summed E-state index contributed by atoms with van der Waals surface area (Å²) in [5.74, 6) is 0. The normalized spacial score (nSPS) is 20.8. The third-order valence-electron chi connectivity index (χ3n) is 0.551. The third kappa shape index (κ3) is 4.09. The van der Waals surface area contributed by atoms with E-state index in [2.05, 4.69) is 0 Å². The standard InChI is InChI=1S/C6H14O2/c1-4-7-6(3)8-5-2/h6H,4-5H2,1-3H3/i3D3,6D. The van der Waals surface area contributed by atoms with Crippen molar-refractivity contribution >= 4 is 0 Å². The van der Waals surface area contributed by atoms with Crippen molar-refractivity contribution in [2.75, 3.05) is 13.2 Å². The fourth-order valence-electron chi connectivity index (χ4n) is 0.304. The highest BCUT2D eigenvalue weighted by molar-refractivity contribution is 4.26. The molecule has 0 atom stereocenters. The zero-order valence-electron chi connectivity index (χ0n) is 9.23. The van der Waals surface area contributed by atoms with Gasteiger partial charge in [-0.2, -0.15) is 0 Å². The van der Waals surface area contributed by atoms with Crippen LogP contribution in [-0.4, -0.2) is 19.5 Å². The molecule has 0 aliphatic rings. The van der Waals surface area contributed by atoms with E-state index in [9.17, 15) is 0 Å². The lowest BCUT2D eigenvalue weighted by Crippen LogP contribution is -2.11. The molecule has 0 fully saturated rings. The van der Waals surface area contributed by atoms with E-state index >= 15 is 0 Å². The fraction of sp³-hybridized carbons (Fsp3) is 1.00. The van der Waals surface area contributed by atoms with Crippen LogP contribution in [0.4, 0.5) is 0 Å². The van der Waals surface area contributed by atoms with Gasteiger partial charge in [-0.1, -0.05) is 0 Å². The molecule has 0 bridgehead atoms. The van der Waals surface area contributed by atoms with Crippen molar-refractivity contribution in [3.05, 3.63) is 0 Å². The van der Waals surface area contributed by atoms with E-state index < -0.39 is 13.1 Å². The maximum Gasteiger partial charge on any atom is 0.154 e. The molecule has 0 amide bonds. The van der Waals surface area contributed by atoms with Crippen LogP contribution in [0, 0.1) is 0 Å². The summed E-state index contributed by atoms with van der Waals surface area (Å²) in [5.41, 5.74) is 0. The molecule has 0 saturated carbocycles. The van der Waals surface area contributed by atoms with Gasteiger partial charge in [0.1, 0.15) is 0 Å². The maximum absolute atomic E-state index is 7.36. The molecule has 2 heteroatoms. The van der Waals surface area contributed by atoms with Gasteiger partial charge in [0.05, 0.1) is 1.37 Å². The highest BCUT2D eigenvalue weighted by Crippen LogP contribution is 1.90. The van der Waals surface area contributed by atoms with Gasteiger partial charge in [-0.05, 0) is 20.7 Å². The molecule has 2 nitrogen and oxygen atoms in total. The molecule has 50 valence electrons. The van der Waals surface area contributed by atoms with E-state index in [-0.39, 0.29) is 13.2 Å². The van der Waals surface area contributed by atoms with Crippen LogP contribution in [0.3, 0.4) is 0 Å². The minimum atomic E-state index is -2.57. The zero-order chi connectivity index (χ0) is 9.83. The van der Waals surface area contributed by atoms with Gasteiger partial charge >= 0.3 is 0 Å².